The van der Waals surface area contributed by atoms with E-state index >= 15 is 0 Å². The van der Waals surface area contributed by atoms with Gasteiger partial charge in [0.15, 0.2) is 0 Å². The van der Waals surface area contributed by atoms with Crippen LogP contribution >= 0.6 is 0 Å². The number of aromatic nitrogens is 2. The second-order valence-corrected chi connectivity index (χ2v) is 8.67. The zero-order valence-electron chi connectivity index (χ0n) is 17.6. The third kappa shape index (κ3) is 4.72. The molecule has 1 aromatic heterocycles. The maximum atomic E-state index is 12.7. The summed E-state index contributed by atoms with van der Waals surface area (Å²) in [7, 11) is 3.20. The minimum Gasteiger partial charge on any atom is -0.341 e. The fourth-order valence-electron chi connectivity index (χ4n) is 4.42. The van der Waals surface area contributed by atoms with Crippen LogP contribution in [0, 0.1) is 11.8 Å². The van der Waals surface area contributed by atoms with Crippen molar-refractivity contribution in [3.8, 4) is 0 Å². The Morgan fingerprint density at radius 3 is 2.14 bits per heavy atom. The minimum atomic E-state index is -0.295. The van der Waals surface area contributed by atoms with Crippen LogP contribution in [0.3, 0.4) is 0 Å². The lowest BCUT2D eigenvalue weighted by Crippen LogP contribution is -2.52. The summed E-state index contributed by atoms with van der Waals surface area (Å²) in [6.45, 7) is 10.5. The molecule has 0 aromatic carbocycles. The predicted octanol–water partition coefficient (Wildman–Crippen LogP) is -0.294. The summed E-state index contributed by atoms with van der Waals surface area (Å²) in [5.41, 5.74) is 0.165. The van der Waals surface area contributed by atoms with Crippen LogP contribution in [-0.2, 0) is 25.4 Å². The maximum absolute atomic E-state index is 12.7. The molecule has 2 atom stereocenters. The van der Waals surface area contributed by atoms with Gasteiger partial charge < -0.3 is 4.90 Å². The van der Waals surface area contributed by atoms with Gasteiger partial charge in [-0.15, -0.1) is 0 Å². The van der Waals surface area contributed by atoms with Gasteiger partial charge in [0.25, 0.3) is 5.56 Å². The maximum Gasteiger partial charge on any atom is 0.330 e. The van der Waals surface area contributed by atoms with Crippen molar-refractivity contribution < 1.29 is 4.79 Å². The Morgan fingerprint density at radius 2 is 1.54 bits per heavy atom. The van der Waals surface area contributed by atoms with Crippen molar-refractivity contribution in [1.82, 2.24) is 23.8 Å². The van der Waals surface area contributed by atoms with Gasteiger partial charge in [0, 0.05) is 71.7 Å². The quantitative estimate of drug-likeness (QED) is 0.705. The van der Waals surface area contributed by atoms with E-state index in [1.807, 2.05) is 4.90 Å². The Kier molecular flexibility index (Phi) is 6.40. The monoisotopic (exact) mass is 391 g/mol. The number of hydrogen-bond donors (Lipinski definition) is 0. The molecule has 0 spiro atoms. The molecular weight excluding hydrogens is 358 g/mol. The Balaban J connectivity index is 1.52. The van der Waals surface area contributed by atoms with Crippen molar-refractivity contribution in [3.05, 3.63) is 32.6 Å². The van der Waals surface area contributed by atoms with Crippen molar-refractivity contribution in [1.29, 1.82) is 0 Å². The SMILES string of the molecule is C[C@@H]1C[C@@H](C)CN(C(=O)CN2CCN(Cc3cc(=O)n(C)c(=O)n3C)CC2)C1. The molecule has 2 saturated heterocycles. The van der Waals surface area contributed by atoms with Gasteiger partial charge in [0.1, 0.15) is 0 Å². The highest BCUT2D eigenvalue weighted by Crippen LogP contribution is 2.21. The van der Waals surface area contributed by atoms with Crippen LogP contribution in [0.1, 0.15) is 26.0 Å². The minimum absolute atomic E-state index is 0.237. The normalized spacial score (nSPS) is 24.5. The van der Waals surface area contributed by atoms with E-state index in [4.69, 9.17) is 0 Å². The highest BCUT2D eigenvalue weighted by Gasteiger charge is 2.27. The molecule has 1 amide bonds. The van der Waals surface area contributed by atoms with E-state index in [0.717, 1.165) is 49.5 Å². The van der Waals surface area contributed by atoms with Gasteiger partial charge in [-0.1, -0.05) is 13.8 Å². The topological polar surface area (TPSA) is 70.8 Å². The van der Waals surface area contributed by atoms with Crippen molar-refractivity contribution in [2.24, 2.45) is 25.9 Å². The number of carbonyl (C=O) groups excluding carboxylic acids is 1. The molecule has 0 aliphatic carbocycles. The molecular formula is C20H33N5O3. The van der Waals surface area contributed by atoms with Crippen LogP contribution in [0.15, 0.2) is 15.7 Å². The summed E-state index contributed by atoms with van der Waals surface area (Å²) in [5.74, 6) is 1.39. The summed E-state index contributed by atoms with van der Waals surface area (Å²) in [6, 6.07) is 1.54. The Hall–Kier alpha value is -1.93. The molecule has 8 heteroatoms. The van der Waals surface area contributed by atoms with Crippen LogP contribution in [0.5, 0.6) is 0 Å². The Labute approximate surface area is 166 Å². The molecule has 2 aliphatic heterocycles. The molecule has 156 valence electrons. The summed E-state index contributed by atoms with van der Waals surface area (Å²) >= 11 is 0. The van der Waals surface area contributed by atoms with Gasteiger partial charge in [0.2, 0.25) is 5.91 Å². The highest BCUT2D eigenvalue weighted by atomic mass is 16.2. The van der Waals surface area contributed by atoms with Gasteiger partial charge in [0.05, 0.1) is 6.54 Å². The number of piperazine rings is 1. The Bertz CT molecular complexity index is 812. The van der Waals surface area contributed by atoms with Gasteiger partial charge in [-0.05, 0) is 18.3 Å². The van der Waals surface area contributed by atoms with E-state index in [2.05, 4.69) is 23.6 Å². The molecule has 0 bridgehead atoms. The fourth-order valence-corrected chi connectivity index (χ4v) is 4.42. The third-order valence-corrected chi connectivity index (χ3v) is 6.06. The molecule has 0 radical (unpaired) electrons. The van der Waals surface area contributed by atoms with Crippen LogP contribution in [0.2, 0.25) is 0 Å². The highest BCUT2D eigenvalue weighted by molar-refractivity contribution is 5.78. The second kappa shape index (κ2) is 8.61. The first-order valence-corrected chi connectivity index (χ1v) is 10.2. The fraction of sp³-hybridized carbons (Fsp3) is 0.750. The van der Waals surface area contributed by atoms with E-state index in [1.165, 1.54) is 24.1 Å². The Morgan fingerprint density at radius 1 is 0.964 bits per heavy atom. The zero-order valence-corrected chi connectivity index (χ0v) is 17.6. The zero-order chi connectivity index (χ0) is 20.4. The van der Waals surface area contributed by atoms with Crippen molar-refractivity contribution in [2.45, 2.75) is 26.8 Å². The average Bonchev–Trinajstić information content (AvgIpc) is 2.65. The molecule has 0 saturated carbocycles. The van der Waals surface area contributed by atoms with Crippen LogP contribution in [0.25, 0.3) is 0 Å². The van der Waals surface area contributed by atoms with Crippen LogP contribution in [-0.4, -0.2) is 75.6 Å². The van der Waals surface area contributed by atoms with E-state index < -0.39 is 0 Å². The van der Waals surface area contributed by atoms with Crippen LogP contribution in [0.4, 0.5) is 0 Å². The molecule has 0 unspecified atom stereocenters. The van der Waals surface area contributed by atoms with Gasteiger partial charge in [-0.2, -0.15) is 0 Å². The van der Waals surface area contributed by atoms with Crippen molar-refractivity contribution in [3.63, 3.8) is 0 Å². The molecule has 0 N–H and O–H groups in total. The number of amides is 1. The summed E-state index contributed by atoms with van der Waals surface area (Å²) in [6.07, 6.45) is 1.20. The number of nitrogens with zero attached hydrogens (tertiary/aromatic N) is 5. The number of carbonyl (C=O) groups is 1. The summed E-state index contributed by atoms with van der Waals surface area (Å²) in [4.78, 5) is 43.1. The molecule has 3 rings (SSSR count). The van der Waals surface area contributed by atoms with Crippen molar-refractivity contribution in [2.75, 3.05) is 45.8 Å². The third-order valence-electron chi connectivity index (χ3n) is 6.06. The van der Waals surface area contributed by atoms with E-state index in [9.17, 15) is 14.4 Å². The standard InChI is InChI=1S/C20H33N5O3/c1-15-9-16(2)12-25(11-15)19(27)14-24-7-5-23(6-8-24)13-17-10-18(26)22(4)20(28)21(17)3/h10,15-16H,5-9,11-14H2,1-4H3/t15-,16-/m1/s1. The first-order chi connectivity index (χ1) is 13.2. The first-order valence-electron chi connectivity index (χ1n) is 10.2. The smallest absolute Gasteiger partial charge is 0.330 e. The largest absolute Gasteiger partial charge is 0.341 e. The summed E-state index contributed by atoms with van der Waals surface area (Å²) < 4.78 is 2.66. The molecule has 1 aromatic rings. The molecule has 3 heterocycles. The van der Waals surface area contributed by atoms with Crippen LogP contribution < -0.4 is 11.2 Å². The first kappa shape index (κ1) is 20.8. The van der Waals surface area contributed by atoms with E-state index in [0.29, 0.717) is 24.9 Å². The number of rotatable bonds is 4. The molecule has 2 fully saturated rings. The number of likely N-dealkylation sites (tertiary alicyclic amines) is 1. The lowest BCUT2D eigenvalue weighted by molar-refractivity contribution is -0.135. The number of piperidine rings is 1. The van der Waals surface area contributed by atoms with E-state index in [-0.39, 0.29) is 17.2 Å². The summed E-state index contributed by atoms with van der Waals surface area (Å²) in [5, 5.41) is 0. The lowest BCUT2D eigenvalue weighted by Gasteiger charge is -2.38. The molecule has 28 heavy (non-hydrogen) atoms. The van der Waals surface area contributed by atoms with Gasteiger partial charge >= 0.3 is 5.69 Å². The van der Waals surface area contributed by atoms with Gasteiger partial charge in [-0.3, -0.25) is 28.5 Å². The van der Waals surface area contributed by atoms with Crippen molar-refractivity contribution >= 4 is 5.91 Å². The second-order valence-electron chi connectivity index (χ2n) is 8.67. The molecule has 2 aliphatic rings. The number of hydrogen-bond acceptors (Lipinski definition) is 5. The van der Waals surface area contributed by atoms with E-state index in [1.54, 1.807) is 7.05 Å². The lowest BCUT2D eigenvalue weighted by atomic mass is 9.92. The predicted molar refractivity (Wildman–Crippen MR) is 108 cm³/mol. The van der Waals surface area contributed by atoms with Gasteiger partial charge in [-0.25, -0.2) is 4.79 Å². The average molecular weight is 392 g/mol. The molecule has 8 nitrogen and oxygen atoms in total.